The predicted molar refractivity (Wildman–Crippen MR) is 77.7 cm³/mol. The molecular formula is C16H26N2. The van der Waals surface area contributed by atoms with Gasteiger partial charge in [0.1, 0.15) is 0 Å². The Hall–Kier alpha value is -0.860. The van der Waals surface area contributed by atoms with Crippen molar-refractivity contribution in [2.24, 2.45) is 5.73 Å². The number of nitrogens with one attached hydrogen (secondary N) is 1. The van der Waals surface area contributed by atoms with Crippen LogP contribution in [0.25, 0.3) is 0 Å². The summed E-state index contributed by atoms with van der Waals surface area (Å²) in [6.45, 7) is 4.99. The van der Waals surface area contributed by atoms with E-state index in [-0.39, 0.29) is 0 Å². The van der Waals surface area contributed by atoms with E-state index in [4.69, 9.17) is 5.73 Å². The van der Waals surface area contributed by atoms with E-state index in [1.54, 1.807) is 0 Å². The smallest absolute Gasteiger partial charge is 0.0446 e. The molecule has 0 amide bonds. The van der Waals surface area contributed by atoms with Gasteiger partial charge in [-0.05, 0) is 32.3 Å². The van der Waals surface area contributed by atoms with Crippen molar-refractivity contribution in [2.75, 3.05) is 6.54 Å². The quantitative estimate of drug-likeness (QED) is 0.856. The highest BCUT2D eigenvalue weighted by Crippen LogP contribution is 2.22. The molecule has 2 nitrogen and oxygen atoms in total. The van der Waals surface area contributed by atoms with E-state index in [1.807, 2.05) is 0 Å². The SMILES string of the molecule is Cc1cc(C)cc(C(CN)NC2CCCCC2)c1. The third-order valence-corrected chi connectivity index (χ3v) is 3.92. The molecule has 0 heterocycles. The molecule has 2 rings (SSSR count). The van der Waals surface area contributed by atoms with Crippen molar-refractivity contribution in [3.8, 4) is 0 Å². The molecule has 0 bridgehead atoms. The molecule has 100 valence electrons. The van der Waals surface area contributed by atoms with E-state index in [0.717, 1.165) is 0 Å². The molecule has 2 heteroatoms. The van der Waals surface area contributed by atoms with E-state index in [2.05, 4.69) is 37.4 Å². The Bertz CT molecular complexity index is 360. The van der Waals surface area contributed by atoms with Gasteiger partial charge in [0.2, 0.25) is 0 Å². The topological polar surface area (TPSA) is 38.0 Å². The minimum Gasteiger partial charge on any atom is -0.329 e. The highest BCUT2D eigenvalue weighted by Gasteiger charge is 2.18. The summed E-state index contributed by atoms with van der Waals surface area (Å²) in [4.78, 5) is 0. The second kappa shape index (κ2) is 6.35. The molecule has 18 heavy (non-hydrogen) atoms. The molecule has 1 saturated carbocycles. The molecule has 0 saturated heterocycles. The van der Waals surface area contributed by atoms with Crippen LogP contribution in [0.15, 0.2) is 18.2 Å². The number of rotatable bonds is 4. The van der Waals surface area contributed by atoms with Crippen LogP contribution in [0.2, 0.25) is 0 Å². The monoisotopic (exact) mass is 246 g/mol. The van der Waals surface area contributed by atoms with Crippen LogP contribution in [-0.2, 0) is 0 Å². The zero-order valence-corrected chi connectivity index (χ0v) is 11.7. The number of hydrogen-bond acceptors (Lipinski definition) is 2. The first-order valence-corrected chi connectivity index (χ1v) is 7.23. The molecule has 1 aliphatic carbocycles. The third kappa shape index (κ3) is 3.56. The van der Waals surface area contributed by atoms with Crippen molar-refractivity contribution < 1.29 is 0 Å². The van der Waals surface area contributed by atoms with Gasteiger partial charge in [-0.25, -0.2) is 0 Å². The van der Waals surface area contributed by atoms with Crippen LogP contribution in [0.3, 0.4) is 0 Å². The maximum Gasteiger partial charge on any atom is 0.0446 e. The Morgan fingerprint density at radius 3 is 2.28 bits per heavy atom. The third-order valence-electron chi connectivity index (χ3n) is 3.92. The average molecular weight is 246 g/mol. The molecular weight excluding hydrogens is 220 g/mol. The summed E-state index contributed by atoms with van der Waals surface area (Å²) in [5.41, 5.74) is 9.96. The fourth-order valence-electron chi connectivity index (χ4n) is 3.07. The van der Waals surface area contributed by atoms with Gasteiger partial charge in [0.15, 0.2) is 0 Å². The zero-order chi connectivity index (χ0) is 13.0. The second-order valence-corrected chi connectivity index (χ2v) is 5.71. The minimum absolute atomic E-state index is 0.312. The number of nitrogens with two attached hydrogens (primary N) is 1. The molecule has 1 aliphatic rings. The van der Waals surface area contributed by atoms with Crippen LogP contribution in [0.5, 0.6) is 0 Å². The molecule has 1 atom stereocenters. The Balaban J connectivity index is 2.06. The molecule has 1 unspecified atom stereocenters. The van der Waals surface area contributed by atoms with E-state index >= 15 is 0 Å². The highest BCUT2D eigenvalue weighted by molar-refractivity contribution is 5.31. The van der Waals surface area contributed by atoms with Crippen LogP contribution in [0, 0.1) is 13.8 Å². The van der Waals surface area contributed by atoms with Crippen molar-refractivity contribution in [3.63, 3.8) is 0 Å². The minimum atomic E-state index is 0.312. The van der Waals surface area contributed by atoms with Gasteiger partial charge in [-0.2, -0.15) is 0 Å². The fraction of sp³-hybridized carbons (Fsp3) is 0.625. The van der Waals surface area contributed by atoms with Gasteiger partial charge < -0.3 is 11.1 Å². The van der Waals surface area contributed by atoms with Crippen LogP contribution in [-0.4, -0.2) is 12.6 Å². The standard InChI is InChI=1S/C16H26N2/c1-12-8-13(2)10-14(9-12)16(11-17)18-15-6-4-3-5-7-15/h8-10,15-16,18H,3-7,11,17H2,1-2H3. The normalized spacial score (nSPS) is 18.8. The Labute approximate surface area is 111 Å². The largest absolute Gasteiger partial charge is 0.329 e. The summed E-state index contributed by atoms with van der Waals surface area (Å²) in [6.07, 6.45) is 6.74. The van der Waals surface area contributed by atoms with Crippen LogP contribution >= 0.6 is 0 Å². The van der Waals surface area contributed by atoms with Gasteiger partial charge in [-0.15, -0.1) is 0 Å². The maximum atomic E-state index is 5.96. The lowest BCUT2D eigenvalue weighted by molar-refractivity contribution is 0.340. The Morgan fingerprint density at radius 2 is 1.72 bits per heavy atom. The van der Waals surface area contributed by atoms with Gasteiger partial charge in [0.25, 0.3) is 0 Å². The van der Waals surface area contributed by atoms with E-state index < -0.39 is 0 Å². The molecule has 1 fully saturated rings. The van der Waals surface area contributed by atoms with Crippen molar-refractivity contribution in [1.82, 2.24) is 5.32 Å². The Kier molecular flexibility index (Phi) is 4.79. The van der Waals surface area contributed by atoms with Crippen molar-refractivity contribution >= 4 is 0 Å². The van der Waals surface area contributed by atoms with Crippen LogP contribution < -0.4 is 11.1 Å². The summed E-state index contributed by atoms with van der Waals surface area (Å²) in [7, 11) is 0. The Morgan fingerprint density at radius 1 is 1.11 bits per heavy atom. The lowest BCUT2D eigenvalue weighted by atomic mass is 9.93. The maximum absolute atomic E-state index is 5.96. The van der Waals surface area contributed by atoms with Crippen molar-refractivity contribution in [1.29, 1.82) is 0 Å². The molecule has 0 spiro atoms. The lowest BCUT2D eigenvalue weighted by Crippen LogP contribution is -2.37. The first-order chi connectivity index (χ1) is 8.69. The van der Waals surface area contributed by atoms with E-state index in [9.17, 15) is 0 Å². The fourth-order valence-corrected chi connectivity index (χ4v) is 3.07. The van der Waals surface area contributed by atoms with E-state index in [0.29, 0.717) is 18.6 Å². The van der Waals surface area contributed by atoms with Gasteiger partial charge >= 0.3 is 0 Å². The summed E-state index contributed by atoms with van der Waals surface area (Å²) in [6, 6.07) is 7.72. The highest BCUT2D eigenvalue weighted by atomic mass is 15.0. The summed E-state index contributed by atoms with van der Waals surface area (Å²) in [5.74, 6) is 0. The van der Waals surface area contributed by atoms with Crippen molar-refractivity contribution in [2.45, 2.75) is 58.0 Å². The first-order valence-electron chi connectivity index (χ1n) is 7.23. The van der Waals surface area contributed by atoms with Gasteiger partial charge in [-0.3, -0.25) is 0 Å². The summed E-state index contributed by atoms with van der Waals surface area (Å²) < 4.78 is 0. The number of aryl methyl sites for hydroxylation is 2. The zero-order valence-electron chi connectivity index (χ0n) is 11.7. The summed E-state index contributed by atoms with van der Waals surface area (Å²) in [5, 5.41) is 3.75. The van der Waals surface area contributed by atoms with Gasteiger partial charge in [0.05, 0.1) is 0 Å². The van der Waals surface area contributed by atoms with E-state index in [1.165, 1.54) is 48.8 Å². The number of hydrogen-bond donors (Lipinski definition) is 2. The summed E-state index contributed by atoms with van der Waals surface area (Å²) >= 11 is 0. The predicted octanol–water partition coefficient (Wildman–Crippen LogP) is 3.23. The molecule has 3 N–H and O–H groups in total. The molecule has 0 aromatic heterocycles. The molecule has 0 aliphatic heterocycles. The molecule has 1 aromatic rings. The second-order valence-electron chi connectivity index (χ2n) is 5.71. The lowest BCUT2D eigenvalue weighted by Gasteiger charge is -2.28. The van der Waals surface area contributed by atoms with Crippen LogP contribution in [0.4, 0.5) is 0 Å². The number of benzene rings is 1. The van der Waals surface area contributed by atoms with Gasteiger partial charge in [-0.1, -0.05) is 48.6 Å². The molecule has 0 radical (unpaired) electrons. The molecule has 1 aromatic carbocycles. The first kappa shape index (κ1) is 13.6. The van der Waals surface area contributed by atoms with Gasteiger partial charge in [0, 0.05) is 18.6 Å². The van der Waals surface area contributed by atoms with Crippen molar-refractivity contribution in [3.05, 3.63) is 34.9 Å². The van der Waals surface area contributed by atoms with Crippen LogP contribution in [0.1, 0.15) is 54.8 Å². The average Bonchev–Trinajstić information content (AvgIpc) is 2.36.